The van der Waals surface area contributed by atoms with Gasteiger partial charge in [0.15, 0.2) is 0 Å². The van der Waals surface area contributed by atoms with E-state index in [9.17, 15) is 4.79 Å². The highest BCUT2D eigenvalue weighted by atomic mass is 35.5. The lowest BCUT2D eigenvalue weighted by atomic mass is 10.0. The molecule has 2 rings (SSSR count). The van der Waals surface area contributed by atoms with Crippen LogP contribution >= 0.6 is 12.4 Å². The Morgan fingerprint density at radius 1 is 1.16 bits per heavy atom. The van der Waals surface area contributed by atoms with Crippen molar-refractivity contribution in [1.82, 2.24) is 0 Å². The van der Waals surface area contributed by atoms with Crippen molar-refractivity contribution >= 4 is 24.0 Å². The molecule has 0 aliphatic carbocycles. The summed E-state index contributed by atoms with van der Waals surface area (Å²) in [5.41, 5.74) is 9.88. The molecule has 1 amide bonds. The smallest absolute Gasteiger partial charge is 0.228 e. The van der Waals surface area contributed by atoms with E-state index in [0.717, 1.165) is 22.6 Å². The topological polar surface area (TPSA) is 64.3 Å². The number of benzene rings is 2. The van der Waals surface area contributed by atoms with Gasteiger partial charge in [0.2, 0.25) is 5.91 Å². The first kappa shape index (κ1) is 21.0. The van der Waals surface area contributed by atoms with Gasteiger partial charge >= 0.3 is 0 Å². The van der Waals surface area contributed by atoms with Crippen molar-refractivity contribution in [3.05, 3.63) is 59.2 Å². The Hall–Kier alpha value is -2.04. The average molecular weight is 363 g/mol. The average Bonchev–Trinajstić information content (AvgIpc) is 2.54. The van der Waals surface area contributed by atoms with Gasteiger partial charge in [-0.2, -0.15) is 0 Å². The summed E-state index contributed by atoms with van der Waals surface area (Å²) in [6.45, 7) is 8.20. The van der Waals surface area contributed by atoms with Crippen molar-refractivity contribution in [2.45, 2.75) is 40.3 Å². The van der Waals surface area contributed by atoms with Gasteiger partial charge < -0.3 is 15.8 Å². The molecule has 0 heterocycles. The maximum atomic E-state index is 12.1. The van der Waals surface area contributed by atoms with Crippen molar-refractivity contribution in [1.29, 1.82) is 0 Å². The molecule has 0 saturated carbocycles. The molecule has 5 heteroatoms. The molecule has 136 valence electrons. The summed E-state index contributed by atoms with van der Waals surface area (Å²) in [6, 6.07) is 13.7. The number of nitrogens with one attached hydrogen (secondary N) is 1. The van der Waals surface area contributed by atoms with Crippen LogP contribution in [0, 0.1) is 19.8 Å². The molecule has 0 bridgehead atoms. The van der Waals surface area contributed by atoms with Crippen LogP contribution in [-0.2, 0) is 11.4 Å². The molecule has 3 N–H and O–H groups in total. The van der Waals surface area contributed by atoms with Crippen LogP contribution in [0.4, 0.5) is 5.69 Å². The number of rotatable bonds is 6. The third kappa shape index (κ3) is 6.07. The van der Waals surface area contributed by atoms with E-state index >= 15 is 0 Å². The molecule has 0 aromatic heterocycles. The van der Waals surface area contributed by atoms with Gasteiger partial charge in [-0.05, 0) is 50.1 Å². The van der Waals surface area contributed by atoms with Gasteiger partial charge in [0.05, 0.1) is 5.92 Å². The first-order chi connectivity index (χ1) is 11.4. The van der Waals surface area contributed by atoms with Gasteiger partial charge in [0.1, 0.15) is 12.4 Å². The summed E-state index contributed by atoms with van der Waals surface area (Å²) in [4.78, 5) is 12.1. The predicted molar refractivity (Wildman–Crippen MR) is 105 cm³/mol. The Balaban J connectivity index is 0.00000312. The largest absolute Gasteiger partial charge is 0.489 e. The Morgan fingerprint density at radius 3 is 2.48 bits per heavy atom. The van der Waals surface area contributed by atoms with Gasteiger partial charge in [0.25, 0.3) is 0 Å². The highest BCUT2D eigenvalue weighted by molar-refractivity contribution is 5.93. The zero-order valence-electron chi connectivity index (χ0n) is 15.2. The number of carbonyl (C=O) groups excluding carboxylic acids is 1. The molecule has 0 spiro atoms. The van der Waals surface area contributed by atoms with Crippen LogP contribution in [0.1, 0.15) is 30.5 Å². The zero-order valence-corrected chi connectivity index (χ0v) is 16.0. The maximum Gasteiger partial charge on any atom is 0.228 e. The highest BCUT2D eigenvalue weighted by Gasteiger charge is 2.17. The molecule has 2 aromatic rings. The summed E-state index contributed by atoms with van der Waals surface area (Å²) in [6.07, 6.45) is 0. The number of aryl methyl sites for hydroxylation is 2. The zero-order chi connectivity index (χ0) is 17.7. The number of anilines is 1. The number of nitrogens with two attached hydrogens (primary N) is 1. The number of halogens is 1. The standard InChI is InChI=1S/C20H26N2O2.ClH/c1-13-6-5-7-17(10-13)12-24-18-8-9-19(14(2)11-18)22-20(23)15(3)16(4)21;/h5-11,15-16H,12,21H2,1-4H3,(H,22,23);1H. The molecule has 0 fully saturated rings. The fourth-order valence-electron chi connectivity index (χ4n) is 2.32. The van der Waals surface area contributed by atoms with Crippen LogP contribution in [0.2, 0.25) is 0 Å². The first-order valence-electron chi connectivity index (χ1n) is 8.22. The fraction of sp³-hybridized carbons (Fsp3) is 0.350. The summed E-state index contributed by atoms with van der Waals surface area (Å²) in [5.74, 6) is 0.482. The van der Waals surface area contributed by atoms with Gasteiger partial charge in [-0.3, -0.25) is 4.79 Å². The molecule has 2 unspecified atom stereocenters. The van der Waals surface area contributed by atoms with Crippen LogP contribution in [0.25, 0.3) is 0 Å². The van der Waals surface area contributed by atoms with Crippen molar-refractivity contribution in [3.8, 4) is 5.75 Å². The van der Waals surface area contributed by atoms with Crippen LogP contribution in [0.3, 0.4) is 0 Å². The molecule has 2 aromatic carbocycles. The minimum Gasteiger partial charge on any atom is -0.489 e. The van der Waals surface area contributed by atoms with Gasteiger partial charge in [-0.25, -0.2) is 0 Å². The van der Waals surface area contributed by atoms with E-state index in [2.05, 4.69) is 24.4 Å². The molecule has 2 atom stereocenters. The fourth-order valence-corrected chi connectivity index (χ4v) is 2.32. The van der Waals surface area contributed by atoms with E-state index in [-0.39, 0.29) is 30.3 Å². The lowest BCUT2D eigenvalue weighted by Gasteiger charge is -2.17. The Labute approximate surface area is 156 Å². The maximum absolute atomic E-state index is 12.1. The number of ether oxygens (including phenoxy) is 1. The molecule has 0 radical (unpaired) electrons. The lowest BCUT2D eigenvalue weighted by molar-refractivity contribution is -0.119. The van der Waals surface area contributed by atoms with Crippen LogP contribution < -0.4 is 15.8 Å². The Bertz CT molecular complexity index is 717. The lowest BCUT2D eigenvalue weighted by Crippen LogP contribution is -2.34. The molecular formula is C20H27ClN2O2. The predicted octanol–water partition coefficient (Wildman–Crippen LogP) is 4.23. The van der Waals surface area contributed by atoms with E-state index < -0.39 is 0 Å². The van der Waals surface area contributed by atoms with E-state index in [1.807, 2.05) is 51.1 Å². The van der Waals surface area contributed by atoms with Crippen molar-refractivity contribution in [3.63, 3.8) is 0 Å². The van der Waals surface area contributed by atoms with E-state index in [1.54, 1.807) is 0 Å². The van der Waals surface area contributed by atoms with Crippen LogP contribution in [-0.4, -0.2) is 11.9 Å². The van der Waals surface area contributed by atoms with Gasteiger partial charge in [-0.15, -0.1) is 12.4 Å². The third-order valence-corrected chi connectivity index (χ3v) is 4.15. The second-order valence-corrected chi connectivity index (χ2v) is 6.39. The van der Waals surface area contributed by atoms with E-state index in [0.29, 0.717) is 6.61 Å². The highest BCUT2D eigenvalue weighted by Crippen LogP contribution is 2.23. The molecule has 4 nitrogen and oxygen atoms in total. The SMILES string of the molecule is Cc1cccc(COc2ccc(NC(=O)C(C)C(C)N)c(C)c2)c1.Cl. The summed E-state index contributed by atoms with van der Waals surface area (Å²) >= 11 is 0. The molecule has 0 aliphatic heterocycles. The van der Waals surface area contributed by atoms with Gasteiger partial charge in [0, 0.05) is 11.7 Å². The van der Waals surface area contributed by atoms with Gasteiger partial charge in [-0.1, -0.05) is 36.8 Å². The van der Waals surface area contributed by atoms with Crippen molar-refractivity contribution in [2.24, 2.45) is 11.7 Å². The Kier molecular flexibility index (Phi) is 7.94. The number of amides is 1. The van der Waals surface area contributed by atoms with Crippen LogP contribution in [0.5, 0.6) is 5.75 Å². The molecule has 0 saturated heterocycles. The summed E-state index contributed by atoms with van der Waals surface area (Å²) < 4.78 is 5.84. The number of carbonyl (C=O) groups is 1. The monoisotopic (exact) mass is 362 g/mol. The van der Waals surface area contributed by atoms with E-state index in [4.69, 9.17) is 10.5 Å². The quantitative estimate of drug-likeness (QED) is 0.808. The van der Waals surface area contributed by atoms with Crippen LogP contribution in [0.15, 0.2) is 42.5 Å². The number of hydrogen-bond donors (Lipinski definition) is 2. The third-order valence-electron chi connectivity index (χ3n) is 4.15. The summed E-state index contributed by atoms with van der Waals surface area (Å²) in [7, 11) is 0. The molecule has 0 aliphatic rings. The second-order valence-electron chi connectivity index (χ2n) is 6.39. The summed E-state index contributed by atoms with van der Waals surface area (Å²) in [5, 5.41) is 2.93. The number of hydrogen-bond acceptors (Lipinski definition) is 3. The first-order valence-corrected chi connectivity index (χ1v) is 8.22. The van der Waals surface area contributed by atoms with E-state index in [1.165, 1.54) is 5.56 Å². The van der Waals surface area contributed by atoms with Crippen molar-refractivity contribution < 1.29 is 9.53 Å². The molecular weight excluding hydrogens is 336 g/mol. The second kappa shape index (κ2) is 9.44. The minimum absolute atomic E-state index is 0. The molecule has 25 heavy (non-hydrogen) atoms. The minimum atomic E-state index is -0.235. The van der Waals surface area contributed by atoms with Crippen molar-refractivity contribution in [2.75, 3.05) is 5.32 Å². The normalized spacial score (nSPS) is 12.7. The Morgan fingerprint density at radius 2 is 1.88 bits per heavy atom.